The van der Waals surface area contributed by atoms with Gasteiger partial charge in [-0.15, -0.1) is 0 Å². The Morgan fingerprint density at radius 1 is 1.18 bits per heavy atom. The minimum atomic E-state index is -0.160. The van der Waals surface area contributed by atoms with Gasteiger partial charge in [-0.2, -0.15) is 0 Å². The van der Waals surface area contributed by atoms with Crippen LogP contribution in [0.5, 0.6) is 11.5 Å². The molecule has 0 unspecified atom stereocenters. The van der Waals surface area contributed by atoms with Crippen LogP contribution in [-0.2, 0) is 11.3 Å². The van der Waals surface area contributed by atoms with Gasteiger partial charge < -0.3 is 13.9 Å². The number of benzene rings is 2. The van der Waals surface area contributed by atoms with Crippen LogP contribution < -0.4 is 9.47 Å². The molecule has 1 saturated heterocycles. The van der Waals surface area contributed by atoms with Crippen LogP contribution in [0.15, 0.2) is 75.2 Å². The first-order valence-electron chi connectivity index (χ1n) is 10.9. The highest BCUT2D eigenvalue weighted by Gasteiger charge is 2.34. The topological polar surface area (TPSA) is 64.3 Å². The lowest BCUT2D eigenvalue weighted by atomic mass is 10.1. The van der Waals surface area contributed by atoms with Gasteiger partial charge in [0.15, 0.2) is 16.7 Å². The summed E-state index contributed by atoms with van der Waals surface area (Å²) in [6, 6.07) is 16.8. The smallest absolute Gasteiger partial charge is 0.267 e. The summed E-state index contributed by atoms with van der Waals surface area (Å²) < 4.78 is 17.1. The number of thioether (sulfide) groups is 1. The van der Waals surface area contributed by atoms with Crippen LogP contribution >= 0.6 is 23.4 Å². The van der Waals surface area contributed by atoms with Gasteiger partial charge in [-0.3, -0.25) is 9.69 Å². The number of amides is 1. The van der Waals surface area contributed by atoms with Gasteiger partial charge in [0, 0.05) is 0 Å². The number of para-hydroxylation sites is 1. The van der Waals surface area contributed by atoms with Gasteiger partial charge >= 0.3 is 0 Å². The van der Waals surface area contributed by atoms with Gasteiger partial charge in [-0.25, -0.2) is 4.99 Å². The van der Waals surface area contributed by atoms with E-state index in [-0.39, 0.29) is 18.6 Å². The van der Waals surface area contributed by atoms with Crippen LogP contribution in [0.25, 0.3) is 6.08 Å². The Hall–Kier alpha value is -3.16. The molecule has 8 heteroatoms. The second-order valence-electron chi connectivity index (χ2n) is 7.74. The summed E-state index contributed by atoms with van der Waals surface area (Å²) in [7, 11) is 0. The van der Waals surface area contributed by atoms with Crippen LogP contribution in [0.1, 0.15) is 32.1 Å². The van der Waals surface area contributed by atoms with Crippen molar-refractivity contribution in [3.8, 4) is 11.5 Å². The zero-order valence-electron chi connectivity index (χ0n) is 19.2. The highest BCUT2D eigenvalue weighted by atomic mass is 35.5. The molecule has 0 saturated carbocycles. The SMILES string of the molecule is CCOc1cc(/C=C2\SC(=Nc3ccccc3)N(Cc3ccco3)C2=O)cc(Cl)c1OC(C)C. The first kappa shape index (κ1) is 24.0. The third kappa shape index (κ3) is 5.66. The zero-order chi connectivity index (χ0) is 24.1. The van der Waals surface area contributed by atoms with Gasteiger partial charge in [0.05, 0.1) is 41.1 Å². The molecule has 3 aromatic rings. The number of carbonyl (C=O) groups is 1. The molecule has 2 heterocycles. The first-order valence-corrected chi connectivity index (χ1v) is 12.1. The van der Waals surface area contributed by atoms with Crippen LogP contribution in [0.2, 0.25) is 5.02 Å². The van der Waals surface area contributed by atoms with Crippen molar-refractivity contribution in [3.05, 3.63) is 82.1 Å². The molecule has 2 aromatic carbocycles. The molecule has 0 spiro atoms. The minimum absolute atomic E-state index is 0.0557. The lowest BCUT2D eigenvalue weighted by molar-refractivity contribution is -0.122. The Labute approximate surface area is 208 Å². The Kier molecular flexibility index (Phi) is 7.65. The summed E-state index contributed by atoms with van der Waals surface area (Å²) in [6.07, 6.45) is 3.33. The van der Waals surface area contributed by atoms with Gasteiger partial charge in [0.25, 0.3) is 5.91 Å². The number of hydrogen-bond acceptors (Lipinski definition) is 6. The van der Waals surface area contributed by atoms with Gasteiger partial charge in [0.2, 0.25) is 0 Å². The number of nitrogens with zero attached hydrogens (tertiary/aromatic N) is 2. The second kappa shape index (κ2) is 10.8. The van der Waals surface area contributed by atoms with E-state index in [4.69, 9.17) is 30.5 Å². The largest absolute Gasteiger partial charge is 0.490 e. The molecule has 4 rings (SSSR count). The van der Waals surface area contributed by atoms with Crippen molar-refractivity contribution < 1.29 is 18.7 Å². The number of amidine groups is 1. The maximum Gasteiger partial charge on any atom is 0.267 e. The summed E-state index contributed by atoms with van der Waals surface area (Å²) in [5, 5.41) is 1.00. The highest BCUT2D eigenvalue weighted by Crippen LogP contribution is 2.40. The normalized spacial score (nSPS) is 16.1. The Morgan fingerprint density at radius 3 is 2.65 bits per heavy atom. The van der Waals surface area contributed by atoms with Crippen molar-refractivity contribution in [2.24, 2.45) is 4.99 Å². The number of rotatable bonds is 8. The molecule has 1 fully saturated rings. The van der Waals surface area contributed by atoms with Crippen molar-refractivity contribution in [2.75, 3.05) is 6.61 Å². The van der Waals surface area contributed by atoms with Crippen LogP contribution in [0.4, 0.5) is 5.69 Å². The van der Waals surface area contributed by atoms with E-state index < -0.39 is 0 Å². The molecule has 1 aliphatic rings. The van der Waals surface area contributed by atoms with Crippen LogP contribution in [-0.4, -0.2) is 28.7 Å². The summed E-state index contributed by atoms with van der Waals surface area (Å²) in [4.78, 5) is 20.2. The molecule has 0 bridgehead atoms. The number of halogens is 1. The third-order valence-electron chi connectivity index (χ3n) is 4.75. The standard InChI is InChI=1S/C26H25ClN2O4S/c1-4-31-22-14-18(13-21(27)24(22)33-17(2)3)15-23-25(30)29(16-20-11-8-12-32-20)26(34-23)28-19-9-6-5-7-10-19/h5-15,17H,4,16H2,1-3H3/b23-15-,28-26?. The summed E-state index contributed by atoms with van der Waals surface area (Å²) in [5.41, 5.74) is 1.50. The van der Waals surface area contributed by atoms with E-state index in [0.717, 1.165) is 11.3 Å². The van der Waals surface area contributed by atoms with Gasteiger partial charge in [0.1, 0.15) is 5.76 Å². The molecule has 1 aromatic heterocycles. The average molecular weight is 497 g/mol. The molecule has 0 atom stereocenters. The van der Waals surface area contributed by atoms with Crippen molar-refractivity contribution in [3.63, 3.8) is 0 Å². The number of carbonyl (C=O) groups excluding carboxylic acids is 1. The van der Waals surface area contributed by atoms with E-state index in [9.17, 15) is 4.79 Å². The average Bonchev–Trinajstić information content (AvgIpc) is 3.41. The van der Waals surface area contributed by atoms with E-state index in [0.29, 0.717) is 39.0 Å². The maximum atomic E-state index is 13.4. The Balaban J connectivity index is 1.70. The van der Waals surface area contributed by atoms with E-state index in [1.165, 1.54) is 11.8 Å². The fourth-order valence-corrected chi connectivity index (χ4v) is 4.60. The van der Waals surface area contributed by atoms with E-state index in [2.05, 4.69) is 0 Å². The molecule has 176 valence electrons. The van der Waals surface area contributed by atoms with Crippen molar-refractivity contribution in [1.29, 1.82) is 0 Å². The lowest BCUT2D eigenvalue weighted by Gasteiger charge is -2.16. The van der Waals surface area contributed by atoms with Gasteiger partial charge in [-0.05, 0) is 80.6 Å². The number of ether oxygens (including phenoxy) is 2. The summed E-state index contributed by atoms with van der Waals surface area (Å²) in [5.74, 6) is 1.55. The molecule has 0 aliphatic carbocycles. The molecule has 0 N–H and O–H groups in total. The molecular weight excluding hydrogens is 472 g/mol. The van der Waals surface area contributed by atoms with E-state index in [1.807, 2.05) is 63.2 Å². The predicted octanol–water partition coefficient (Wildman–Crippen LogP) is 6.92. The number of hydrogen-bond donors (Lipinski definition) is 0. The molecule has 6 nitrogen and oxygen atoms in total. The maximum absolute atomic E-state index is 13.4. The predicted molar refractivity (Wildman–Crippen MR) is 137 cm³/mol. The number of aliphatic imine (C=N–C) groups is 1. The fourth-order valence-electron chi connectivity index (χ4n) is 3.34. The monoisotopic (exact) mass is 496 g/mol. The molecule has 34 heavy (non-hydrogen) atoms. The minimum Gasteiger partial charge on any atom is -0.490 e. The quantitative estimate of drug-likeness (QED) is 0.316. The molecule has 1 amide bonds. The van der Waals surface area contributed by atoms with E-state index in [1.54, 1.807) is 29.4 Å². The van der Waals surface area contributed by atoms with Crippen LogP contribution in [0, 0.1) is 0 Å². The Morgan fingerprint density at radius 2 is 1.97 bits per heavy atom. The first-order chi connectivity index (χ1) is 16.4. The third-order valence-corrected chi connectivity index (χ3v) is 6.03. The molecular formula is C26H25ClN2O4S. The fraction of sp³-hybridized carbons (Fsp3) is 0.231. The van der Waals surface area contributed by atoms with Crippen LogP contribution in [0.3, 0.4) is 0 Å². The lowest BCUT2D eigenvalue weighted by Crippen LogP contribution is -2.28. The molecule has 0 radical (unpaired) electrons. The summed E-state index contributed by atoms with van der Waals surface area (Å²) >= 11 is 7.83. The summed E-state index contributed by atoms with van der Waals surface area (Å²) in [6.45, 7) is 6.50. The van der Waals surface area contributed by atoms with E-state index >= 15 is 0 Å². The second-order valence-corrected chi connectivity index (χ2v) is 9.16. The number of furan rings is 1. The van der Waals surface area contributed by atoms with Crippen molar-refractivity contribution >= 4 is 46.2 Å². The van der Waals surface area contributed by atoms with Gasteiger partial charge in [-0.1, -0.05) is 29.8 Å². The zero-order valence-corrected chi connectivity index (χ0v) is 20.7. The Bertz CT molecular complexity index is 1210. The highest BCUT2D eigenvalue weighted by molar-refractivity contribution is 8.18. The molecule has 1 aliphatic heterocycles. The van der Waals surface area contributed by atoms with Crippen molar-refractivity contribution in [2.45, 2.75) is 33.4 Å². The van der Waals surface area contributed by atoms with Crippen molar-refractivity contribution in [1.82, 2.24) is 4.90 Å².